The van der Waals surface area contributed by atoms with E-state index >= 15 is 0 Å². The molecule has 0 fully saturated rings. The molecule has 1 aromatic carbocycles. The summed E-state index contributed by atoms with van der Waals surface area (Å²) in [4.78, 5) is 12.4. The summed E-state index contributed by atoms with van der Waals surface area (Å²) in [5.41, 5.74) is 0.917. The Morgan fingerprint density at radius 3 is 2.57 bits per heavy atom. The number of rotatable bonds is 6. The van der Waals surface area contributed by atoms with Crippen molar-refractivity contribution in [2.45, 2.75) is 20.8 Å². The fraction of sp³-hybridized carbons (Fsp3) is 0.357. The van der Waals surface area contributed by atoms with E-state index in [0.29, 0.717) is 29.9 Å². The molecule has 0 saturated carbocycles. The van der Waals surface area contributed by atoms with Crippen molar-refractivity contribution in [1.82, 2.24) is 15.0 Å². The highest BCUT2D eigenvalue weighted by Gasteiger charge is 2.09. The summed E-state index contributed by atoms with van der Waals surface area (Å²) in [5.74, 6) is 1.02. The summed E-state index contributed by atoms with van der Waals surface area (Å²) in [6, 6.07) is 5.74. The van der Waals surface area contributed by atoms with Crippen molar-refractivity contribution in [2.24, 2.45) is 0 Å². The molecule has 0 radical (unpaired) electrons. The van der Waals surface area contributed by atoms with E-state index in [4.69, 9.17) is 21.1 Å². The number of aromatic nitrogens is 3. The number of nitrogens with zero attached hydrogens (tertiary/aromatic N) is 3. The third kappa shape index (κ3) is 4.19. The van der Waals surface area contributed by atoms with Gasteiger partial charge in [0.1, 0.15) is 5.75 Å². The van der Waals surface area contributed by atoms with E-state index in [-0.39, 0.29) is 12.0 Å². The maximum atomic E-state index is 5.99. The molecule has 0 bridgehead atoms. The van der Waals surface area contributed by atoms with Crippen LogP contribution in [0.25, 0.3) is 0 Å². The van der Waals surface area contributed by atoms with Crippen molar-refractivity contribution in [3.63, 3.8) is 0 Å². The zero-order chi connectivity index (χ0) is 15.2. The number of benzene rings is 1. The number of hydrogen-bond donors (Lipinski definition) is 1. The van der Waals surface area contributed by atoms with E-state index in [2.05, 4.69) is 20.3 Å². The fourth-order valence-electron chi connectivity index (χ4n) is 1.60. The van der Waals surface area contributed by atoms with Crippen LogP contribution in [0.4, 0.5) is 5.95 Å². The van der Waals surface area contributed by atoms with Gasteiger partial charge >= 0.3 is 12.0 Å². The fourth-order valence-corrected chi connectivity index (χ4v) is 1.72. The zero-order valence-electron chi connectivity index (χ0n) is 12.2. The number of nitrogens with one attached hydrogen (secondary N) is 1. The monoisotopic (exact) mass is 308 g/mol. The predicted molar refractivity (Wildman–Crippen MR) is 81.4 cm³/mol. The van der Waals surface area contributed by atoms with E-state index in [9.17, 15) is 0 Å². The van der Waals surface area contributed by atoms with Gasteiger partial charge in [-0.25, -0.2) is 0 Å². The summed E-state index contributed by atoms with van der Waals surface area (Å²) < 4.78 is 11.0. The molecule has 0 amide bonds. The quantitative estimate of drug-likeness (QED) is 0.881. The number of anilines is 1. The minimum absolute atomic E-state index is 0.172. The second kappa shape index (κ2) is 7.08. The Bertz CT molecular complexity index is 598. The van der Waals surface area contributed by atoms with Crippen LogP contribution >= 0.6 is 11.6 Å². The average Bonchev–Trinajstić information content (AvgIpc) is 2.43. The molecule has 0 aliphatic rings. The van der Waals surface area contributed by atoms with Gasteiger partial charge in [0.05, 0.1) is 6.61 Å². The Labute approximate surface area is 128 Å². The largest absolute Gasteiger partial charge is 0.464 e. The Morgan fingerprint density at radius 1 is 1.14 bits per heavy atom. The van der Waals surface area contributed by atoms with Crippen LogP contribution in [0.15, 0.2) is 18.2 Å². The molecule has 0 aliphatic heterocycles. The molecule has 1 heterocycles. The van der Waals surface area contributed by atoms with Crippen LogP contribution < -0.4 is 14.8 Å². The van der Waals surface area contributed by atoms with Gasteiger partial charge in [-0.1, -0.05) is 11.6 Å². The predicted octanol–water partition coefficient (Wildman–Crippen LogP) is 3.46. The highest BCUT2D eigenvalue weighted by atomic mass is 35.5. The van der Waals surface area contributed by atoms with Crippen molar-refractivity contribution < 1.29 is 9.47 Å². The molecule has 0 unspecified atom stereocenters. The maximum absolute atomic E-state index is 5.99. The number of aryl methyl sites for hydroxylation is 1. The van der Waals surface area contributed by atoms with Crippen molar-refractivity contribution >= 4 is 17.5 Å². The molecule has 112 valence electrons. The standard InChI is InChI=1S/C14H17ClN4O2/c1-4-16-12-17-13(20-5-2)19-14(18-12)21-10-6-7-11(15)9(3)8-10/h6-8H,4-5H2,1-3H3,(H,16,17,18,19). The minimum atomic E-state index is 0.172. The van der Waals surface area contributed by atoms with Crippen LogP contribution in [0.5, 0.6) is 17.8 Å². The average molecular weight is 309 g/mol. The molecule has 0 aliphatic carbocycles. The topological polar surface area (TPSA) is 69.2 Å². The molecule has 0 spiro atoms. The molecule has 7 heteroatoms. The Morgan fingerprint density at radius 2 is 1.90 bits per heavy atom. The van der Waals surface area contributed by atoms with Gasteiger partial charge < -0.3 is 14.8 Å². The number of halogens is 1. The van der Waals surface area contributed by atoms with Gasteiger partial charge in [0.2, 0.25) is 5.95 Å². The van der Waals surface area contributed by atoms with Crippen molar-refractivity contribution in [2.75, 3.05) is 18.5 Å². The van der Waals surface area contributed by atoms with Crippen molar-refractivity contribution in [3.8, 4) is 17.8 Å². The normalized spacial score (nSPS) is 10.3. The zero-order valence-corrected chi connectivity index (χ0v) is 12.9. The van der Waals surface area contributed by atoms with Gasteiger partial charge in [-0.05, 0) is 44.5 Å². The van der Waals surface area contributed by atoms with Crippen LogP contribution in [-0.4, -0.2) is 28.1 Å². The van der Waals surface area contributed by atoms with Crippen LogP contribution in [0.3, 0.4) is 0 Å². The van der Waals surface area contributed by atoms with Crippen LogP contribution in [0.1, 0.15) is 19.4 Å². The summed E-state index contributed by atoms with van der Waals surface area (Å²) in [6.07, 6.45) is 0. The Kier molecular flexibility index (Phi) is 5.16. The third-order valence-corrected chi connectivity index (χ3v) is 2.97. The summed E-state index contributed by atoms with van der Waals surface area (Å²) in [7, 11) is 0. The van der Waals surface area contributed by atoms with E-state index in [1.165, 1.54) is 0 Å². The lowest BCUT2D eigenvalue weighted by Crippen LogP contribution is -2.07. The molecular weight excluding hydrogens is 292 g/mol. The molecule has 21 heavy (non-hydrogen) atoms. The highest BCUT2D eigenvalue weighted by molar-refractivity contribution is 6.31. The van der Waals surface area contributed by atoms with Gasteiger partial charge in [0.25, 0.3) is 0 Å². The number of hydrogen-bond acceptors (Lipinski definition) is 6. The molecule has 0 saturated heterocycles. The van der Waals surface area contributed by atoms with Crippen LogP contribution in [-0.2, 0) is 0 Å². The van der Waals surface area contributed by atoms with Gasteiger partial charge in [-0.3, -0.25) is 0 Å². The van der Waals surface area contributed by atoms with E-state index in [1.807, 2.05) is 26.8 Å². The summed E-state index contributed by atoms with van der Waals surface area (Å²) >= 11 is 5.99. The van der Waals surface area contributed by atoms with E-state index in [0.717, 1.165) is 5.56 Å². The molecule has 1 N–H and O–H groups in total. The lowest BCUT2D eigenvalue weighted by Gasteiger charge is -2.09. The van der Waals surface area contributed by atoms with Gasteiger partial charge in [-0.15, -0.1) is 4.98 Å². The smallest absolute Gasteiger partial charge is 0.330 e. The van der Waals surface area contributed by atoms with Gasteiger partial charge in [-0.2, -0.15) is 9.97 Å². The highest BCUT2D eigenvalue weighted by Crippen LogP contribution is 2.25. The Hall–Kier alpha value is -2.08. The number of ether oxygens (including phenoxy) is 2. The lowest BCUT2D eigenvalue weighted by atomic mass is 10.2. The summed E-state index contributed by atoms with van der Waals surface area (Å²) in [6.45, 7) is 6.87. The molecule has 2 aromatic rings. The van der Waals surface area contributed by atoms with Crippen LogP contribution in [0.2, 0.25) is 5.02 Å². The molecular formula is C14H17ClN4O2. The molecule has 2 rings (SSSR count). The first-order chi connectivity index (χ1) is 10.1. The van der Waals surface area contributed by atoms with Crippen LogP contribution in [0, 0.1) is 6.92 Å². The second-order valence-electron chi connectivity index (χ2n) is 4.20. The Balaban J connectivity index is 2.26. The van der Waals surface area contributed by atoms with Crippen molar-refractivity contribution in [3.05, 3.63) is 28.8 Å². The lowest BCUT2D eigenvalue weighted by molar-refractivity contribution is 0.304. The first-order valence-electron chi connectivity index (χ1n) is 6.69. The van der Waals surface area contributed by atoms with Gasteiger partial charge in [0.15, 0.2) is 0 Å². The maximum Gasteiger partial charge on any atom is 0.330 e. The van der Waals surface area contributed by atoms with Crippen molar-refractivity contribution in [1.29, 1.82) is 0 Å². The second-order valence-corrected chi connectivity index (χ2v) is 4.61. The first-order valence-corrected chi connectivity index (χ1v) is 7.07. The third-order valence-electron chi connectivity index (χ3n) is 2.54. The summed E-state index contributed by atoms with van der Waals surface area (Å²) in [5, 5.41) is 3.69. The van der Waals surface area contributed by atoms with E-state index < -0.39 is 0 Å². The molecule has 6 nitrogen and oxygen atoms in total. The minimum Gasteiger partial charge on any atom is -0.464 e. The molecule has 1 aromatic heterocycles. The molecule has 0 atom stereocenters. The SMILES string of the molecule is CCNc1nc(OCC)nc(Oc2ccc(Cl)c(C)c2)n1. The van der Waals surface area contributed by atoms with E-state index in [1.54, 1.807) is 12.1 Å². The first kappa shape index (κ1) is 15.3. The van der Waals surface area contributed by atoms with Gasteiger partial charge in [0, 0.05) is 11.6 Å².